The molecule has 0 bridgehead atoms. The minimum Gasteiger partial charge on any atom is -0.467 e. The molecular weight excluding hydrogens is 400 g/mol. The Balaban J connectivity index is 2.03. The second-order valence-electron chi connectivity index (χ2n) is 8.89. The van der Waals surface area contributed by atoms with Crippen LogP contribution >= 0.6 is 0 Å². The lowest BCUT2D eigenvalue weighted by atomic mass is 9.88. The van der Waals surface area contributed by atoms with Gasteiger partial charge in [0.25, 0.3) is 17.7 Å². The number of rotatable bonds is 4. The second-order valence-corrected chi connectivity index (χ2v) is 13.6. The number of nitrogens with zero attached hydrogens (tertiary/aromatic N) is 2. The van der Waals surface area contributed by atoms with Crippen molar-refractivity contribution < 1.29 is 23.9 Å². The van der Waals surface area contributed by atoms with Crippen molar-refractivity contribution in [3.8, 4) is 11.5 Å². The molecule has 30 heavy (non-hydrogen) atoms. The first-order chi connectivity index (χ1) is 14.0. The molecule has 0 spiro atoms. The lowest BCUT2D eigenvalue weighted by Gasteiger charge is -2.50. The summed E-state index contributed by atoms with van der Waals surface area (Å²) in [6.45, 7) is 9.80. The number of imide groups is 1. The van der Waals surface area contributed by atoms with Crippen molar-refractivity contribution in [3.05, 3.63) is 35.4 Å². The Morgan fingerprint density at radius 2 is 1.60 bits per heavy atom. The average Bonchev–Trinajstić information content (AvgIpc) is 2.92. The lowest BCUT2D eigenvalue weighted by Crippen LogP contribution is -2.75. The number of hydrogen-bond donors (Lipinski definition) is 0. The van der Waals surface area contributed by atoms with Crippen LogP contribution in [-0.2, 0) is 14.3 Å². The largest absolute Gasteiger partial charge is 0.467 e. The molecule has 3 rings (SSSR count). The zero-order chi connectivity index (χ0) is 22.4. The smallest absolute Gasteiger partial charge is 0.328 e. The summed E-state index contributed by atoms with van der Waals surface area (Å²) in [6, 6.07) is 3.86. The number of esters is 1. The number of carbonyl (C=O) groups excluding carboxylic acids is 4. The van der Waals surface area contributed by atoms with E-state index in [1.807, 2.05) is 13.8 Å². The van der Waals surface area contributed by atoms with E-state index in [0.29, 0.717) is 0 Å². The van der Waals surface area contributed by atoms with Crippen LogP contribution in [0.3, 0.4) is 0 Å². The molecule has 1 fully saturated rings. The molecule has 2 aliphatic rings. The molecule has 3 amide bonds. The number of fused-ring (bicyclic) bond motifs is 1. The summed E-state index contributed by atoms with van der Waals surface area (Å²) in [5, 5.41) is 0. The maximum Gasteiger partial charge on any atom is 0.328 e. The number of methoxy groups -OCH3 is 1. The van der Waals surface area contributed by atoms with Crippen molar-refractivity contribution in [2.75, 3.05) is 7.11 Å². The fourth-order valence-corrected chi connectivity index (χ4v) is 4.36. The monoisotopic (exact) mass is 426 g/mol. The van der Waals surface area contributed by atoms with E-state index in [0.717, 1.165) is 4.90 Å². The summed E-state index contributed by atoms with van der Waals surface area (Å²) in [7, 11) is -0.552. The van der Waals surface area contributed by atoms with Gasteiger partial charge < -0.3 is 9.64 Å². The van der Waals surface area contributed by atoms with Gasteiger partial charge in [-0.05, 0) is 18.1 Å². The third-order valence-electron chi connectivity index (χ3n) is 5.18. The Morgan fingerprint density at radius 1 is 1.07 bits per heavy atom. The Bertz CT molecular complexity index is 950. The van der Waals surface area contributed by atoms with Crippen LogP contribution in [0.5, 0.6) is 0 Å². The lowest BCUT2D eigenvalue weighted by molar-refractivity contribution is -0.169. The highest BCUT2D eigenvalue weighted by molar-refractivity contribution is 6.83. The first-order valence-corrected chi connectivity index (χ1v) is 13.4. The quantitative estimate of drug-likeness (QED) is 0.242. The van der Waals surface area contributed by atoms with Crippen molar-refractivity contribution in [1.82, 2.24) is 9.80 Å². The Labute approximate surface area is 177 Å². The van der Waals surface area contributed by atoms with Gasteiger partial charge in [-0.2, -0.15) is 0 Å². The van der Waals surface area contributed by atoms with Gasteiger partial charge in [0.2, 0.25) is 0 Å². The van der Waals surface area contributed by atoms with Crippen LogP contribution in [0.4, 0.5) is 0 Å². The number of likely N-dealkylation sites (tertiary alicyclic amines) is 1. The highest BCUT2D eigenvalue weighted by Crippen LogP contribution is 2.35. The fraction of sp³-hybridized carbons (Fsp3) is 0.455. The molecule has 0 N–H and O–H groups in total. The van der Waals surface area contributed by atoms with Gasteiger partial charge in [-0.3, -0.25) is 19.3 Å². The van der Waals surface area contributed by atoms with Gasteiger partial charge in [-0.15, -0.1) is 5.54 Å². The van der Waals surface area contributed by atoms with Crippen molar-refractivity contribution in [2.24, 2.45) is 5.92 Å². The van der Waals surface area contributed by atoms with Crippen LogP contribution < -0.4 is 0 Å². The van der Waals surface area contributed by atoms with Gasteiger partial charge in [0.1, 0.15) is 20.2 Å². The summed E-state index contributed by atoms with van der Waals surface area (Å²) in [4.78, 5) is 53.9. The predicted molar refractivity (Wildman–Crippen MR) is 113 cm³/mol. The van der Waals surface area contributed by atoms with Crippen molar-refractivity contribution in [1.29, 1.82) is 0 Å². The summed E-state index contributed by atoms with van der Waals surface area (Å²) in [6.07, 6.45) is 0. The van der Waals surface area contributed by atoms with E-state index < -0.39 is 49.9 Å². The highest BCUT2D eigenvalue weighted by Gasteiger charge is 2.59. The van der Waals surface area contributed by atoms with Crippen LogP contribution in [0.25, 0.3) is 0 Å². The van der Waals surface area contributed by atoms with E-state index in [1.165, 1.54) is 12.0 Å². The number of benzene rings is 1. The van der Waals surface area contributed by atoms with Gasteiger partial charge >= 0.3 is 5.97 Å². The number of ether oxygens (including phenoxy) is 1. The maximum atomic E-state index is 13.2. The summed E-state index contributed by atoms with van der Waals surface area (Å²) in [5.41, 5.74) is 3.78. The van der Waals surface area contributed by atoms with Crippen molar-refractivity contribution in [2.45, 2.75) is 51.6 Å². The SMILES string of the molecule is COC(=O)[C@H](C(C)C)N1C(=O)[C@@H](N2C(=O)c3ccccc3C2=O)[C@@H]1C#C[Si](C)(C)C. The predicted octanol–water partition coefficient (Wildman–Crippen LogP) is 1.94. The van der Waals surface area contributed by atoms with Crippen molar-refractivity contribution >= 4 is 31.8 Å². The topological polar surface area (TPSA) is 84.0 Å². The molecule has 0 saturated carbocycles. The minimum absolute atomic E-state index is 0.222. The zero-order valence-corrected chi connectivity index (χ0v) is 19.1. The van der Waals surface area contributed by atoms with Gasteiger partial charge in [0.15, 0.2) is 6.04 Å². The van der Waals surface area contributed by atoms with E-state index in [9.17, 15) is 19.2 Å². The van der Waals surface area contributed by atoms with Gasteiger partial charge in [0.05, 0.1) is 18.2 Å². The first kappa shape index (κ1) is 21.8. The van der Waals surface area contributed by atoms with Crippen LogP contribution in [-0.4, -0.2) is 66.8 Å². The molecule has 158 valence electrons. The van der Waals surface area contributed by atoms with Crippen LogP contribution in [0.2, 0.25) is 19.6 Å². The average molecular weight is 427 g/mol. The molecule has 7 nitrogen and oxygen atoms in total. The molecule has 1 aromatic carbocycles. The van der Waals surface area contributed by atoms with Crippen molar-refractivity contribution in [3.63, 3.8) is 0 Å². The molecule has 2 aliphatic heterocycles. The van der Waals surface area contributed by atoms with E-state index >= 15 is 0 Å². The second kappa shape index (κ2) is 7.72. The molecule has 3 atom stereocenters. The molecule has 2 heterocycles. The molecule has 0 radical (unpaired) electrons. The van der Waals surface area contributed by atoms with E-state index in [2.05, 4.69) is 31.1 Å². The highest BCUT2D eigenvalue weighted by atomic mass is 28.3. The van der Waals surface area contributed by atoms with Gasteiger partial charge in [-0.25, -0.2) is 4.79 Å². The number of amides is 3. The maximum absolute atomic E-state index is 13.2. The Morgan fingerprint density at radius 3 is 2.03 bits per heavy atom. The summed E-state index contributed by atoms with van der Waals surface area (Å²) in [5.74, 6) is 0.865. The third-order valence-corrected chi connectivity index (χ3v) is 6.07. The standard InChI is InChI=1S/C22H26N2O5Si/c1-13(2)17(22(28)29-3)23-16(11-12-30(4,5)6)18(21(23)27)24-19(25)14-9-7-8-10-15(14)20(24)26/h7-10,13,16-18H,1-6H3/t16-,17-,18-/m0/s1. The fourth-order valence-electron chi connectivity index (χ4n) is 3.78. The molecule has 8 heteroatoms. The third kappa shape index (κ3) is 3.54. The summed E-state index contributed by atoms with van der Waals surface area (Å²) < 4.78 is 4.91. The van der Waals surface area contributed by atoms with E-state index in [-0.39, 0.29) is 17.0 Å². The molecular formula is C22H26N2O5Si. The Hall–Kier alpha value is -2.92. The molecule has 0 aromatic heterocycles. The van der Waals surface area contributed by atoms with E-state index in [1.54, 1.807) is 24.3 Å². The molecule has 0 unspecified atom stereocenters. The molecule has 1 aromatic rings. The van der Waals surface area contributed by atoms with Crippen LogP contribution in [0, 0.1) is 17.4 Å². The Kier molecular flexibility index (Phi) is 5.61. The summed E-state index contributed by atoms with van der Waals surface area (Å²) >= 11 is 0. The molecule has 1 saturated heterocycles. The van der Waals surface area contributed by atoms with Gasteiger partial charge in [0, 0.05) is 0 Å². The van der Waals surface area contributed by atoms with Gasteiger partial charge in [-0.1, -0.05) is 51.5 Å². The molecule has 0 aliphatic carbocycles. The van der Waals surface area contributed by atoms with Crippen LogP contribution in [0.1, 0.15) is 34.6 Å². The van der Waals surface area contributed by atoms with Crippen LogP contribution in [0.15, 0.2) is 24.3 Å². The van der Waals surface area contributed by atoms with E-state index in [4.69, 9.17) is 4.74 Å². The number of hydrogen-bond acceptors (Lipinski definition) is 5. The first-order valence-electron chi connectivity index (χ1n) is 9.89. The zero-order valence-electron chi connectivity index (χ0n) is 18.1. The number of β-lactam (4-membered cyclic amide) rings is 1. The normalized spacial score (nSPS) is 21.8. The minimum atomic E-state index is -1.82. The number of carbonyl (C=O) groups is 4.